The highest BCUT2D eigenvalue weighted by atomic mass is 16.5. The summed E-state index contributed by atoms with van der Waals surface area (Å²) in [4.78, 5) is 19.3. The van der Waals surface area contributed by atoms with Gasteiger partial charge in [-0.3, -0.25) is 4.79 Å². The maximum Gasteiger partial charge on any atom is 0.230 e. The van der Waals surface area contributed by atoms with Crippen LogP contribution in [0.15, 0.2) is 65.4 Å². The van der Waals surface area contributed by atoms with Crippen LogP contribution in [0, 0.1) is 0 Å². The van der Waals surface area contributed by atoms with Gasteiger partial charge < -0.3 is 14.1 Å². The fourth-order valence-electron chi connectivity index (χ4n) is 4.14. The van der Waals surface area contributed by atoms with Crippen LogP contribution in [-0.2, 0) is 11.2 Å². The second-order valence-corrected chi connectivity index (χ2v) is 7.86. The summed E-state index contributed by atoms with van der Waals surface area (Å²) in [6.45, 7) is 1.41. The highest BCUT2D eigenvalue weighted by molar-refractivity contribution is 5.78. The van der Waals surface area contributed by atoms with Gasteiger partial charge in [0.15, 0.2) is 11.5 Å². The number of pyridine rings is 1. The van der Waals surface area contributed by atoms with Crippen molar-refractivity contribution in [2.24, 2.45) is 0 Å². The molecule has 31 heavy (non-hydrogen) atoms. The van der Waals surface area contributed by atoms with Gasteiger partial charge in [0, 0.05) is 30.8 Å². The Hall–Kier alpha value is -3.61. The third-order valence-electron chi connectivity index (χ3n) is 5.80. The van der Waals surface area contributed by atoms with E-state index in [-0.39, 0.29) is 11.8 Å². The van der Waals surface area contributed by atoms with Gasteiger partial charge in [0.1, 0.15) is 11.5 Å². The van der Waals surface area contributed by atoms with Gasteiger partial charge in [0.2, 0.25) is 5.91 Å². The lowest BCUT2D eigenvalue weighted by Crippen LogP contribution is -2.40. The van der Waals surface area contributed by atoms with E-state index in [1.807, 2.05) is 64.1 Å². The molecule has 158 valence electrons. The van der Waals surface area contributed by atoms with Crippen LogP contribution in [0.2, 0.25) is 0 Å². The summed E-state index contributed by atoms with van der Waals surface area (Å²) in [5.41, 5.74) is 2.91. The number of likely N-dealkylation sites (tertiary alicyclic amines) is 1. The summed E-state index contributed by atoms with van der Waals surface area (Å²) in [6, 6.07) is 15.6. The van der Waals surface area contributed by atoms with E-state index < -0.39 is 0 Å². The van der Waals surface area contributed by atoms with Crippen molar-refractivity contribution in [3.05, 3.63) is 72.6 Å². The van der Waals surface area contributed by atoms with Crippen LogP contribution in [0.1, 0.15) is 30.3 Å². The van der Waals surface area contributed by atoms with E-state index in [9.17, 15) is 4.79 Å². The first kappa shape index (κ1) is 19.4. The van der Waals surface area contributed by atoms with Gasteiger partial charge in [-0.1, -0.05) is 12.1 Å². The second kappa shape index (κ2) is 8.26. The van der Waals surface area contributed by atoms with Crippen molar-refractivity contribution >= 4 is 11.6 Å². The molecule has 1 saturated heterocycles. The lowest BCUT2D eigenvalue weighted by atomic mass is 9.97. The molecule has 0 N–H and O–H groups in total. The van der Waals surface area contributed by atoms with Crippen LogP contribution in [0.4, 0.5) is 0 Å². The number of benzene rings is 1. The highest BCUT2D eigenvalue weighted by Gasteiger charge is 2.27. The second-order valence-electron chi connectivity index (χ2n) is 7.86. The first-order valence-corrected chi connectivity index (χ1v) is 10.5. The molecule has 3 aromatic heterocycles. The first-order valence-electron chi connectivity index (χ1n) is 10.5. The number of aromatic nitrogens is 3. The quantitative estimate of drug-likeness (QED) is 0.493. The smallest absolute Gasteiger partial charge is 0.230 e. The molecule has 4 aromatic rings. The zero-order chi connectivity index (χ0) is 21.2. The molecule has 1 aromatic carbocycles. The minimum Gasteiger partial charge on any atom is -0.497 e. The summed E-state index contributed by atoms with van der Waals surface area (Å²) in [5.74, 6) is 2.53. The monoisotopic (exact) mass is 416 g/mol. The van der Waals surface area contributed by atoms with Crippen molar-refractivity contribution in [1.29, 1.82) is 0 Å². The van der Waals surface area contributed by atoms with Crippen LogP contribution < -0.4 is 4.74 Å². The molecule has 1 aliphatic rings. The van der Waals surface area contributed by atoms with Gasteiger partial charge in [-0.15, -0.1) is 0 Å². The standard InChI is InChI=1S/C24H24N4O3/c1-30-20-7-2-5-17(13-20)18-9-10-22-25-24(26-28(22)16-18)19-6-3-11-27(15-19)23(29)14-21-8-4-12-31-21/h2,4-5,7-10,12-13,16,19H,3,6,11,14-15H2,1H3/t19-/m0/s1. The van der Waals surface area contributed by atoms with Crippen molar-refractivity contribution in [3.63, 3.8) is 0 Å². The van der Waals surface area contributed by atoms with Gasteiger partial charge in [-0.25, -0.2) is 9.50 Å². The number of fused-ring (bicyclic) bond motifs is 1. The number of nitrogens with zero attached hydrogens (tertiary/aromatic N) is 4. The van der Waals surface area contributed by atoms with E-state index in [4.69, 9.17) is 19.2 Å². The van der Waals surface area contributed by atoms with Crippen molar-refractivity contribution < 1.29 is 13.9 Å². The summed E-state index contributed by atoms with van der Waals surface area (Å²) in [6.07, 6.45) is 5.80. The number of amides is 1. The van der Waals surface area contributed by atoms with Crippen LogP contribution in [0.5, 0.6) is 5.75 Å². The SMILES string of the molecule is COc1cccc(-c2ccc3nc([C@H]4CCCN(C(=O)Cc5ccco5)C4)nn3c2)c1. The number of rotatable bonds is 5. The zero-order valence-corrected chi connectivity index (χ0v) is 17.4. The highest BCUT2D eigenvalue weighted by Crippen LogP contribution is 2.27. The van der Waals surface area contributed by atoms with Crippen LogP contribution in [-0.4, -0.2) is 45.6 Å². The molecule has 1 fully saturated rings. The number of hydrogen-bond acceptors (Lipinski definition) is 5. The van der Waals surface area contributed by atoms with E-state index in [0.717, 1.165) is 47.7 Å². The average molecular weight is 416 g/mol. The average Bonchev–Trinajstić information content (AvgIpc) is 3.48. The molecule has 0 saturated carbocycles. The number of carbonyl (C=O) groups is 1. The van der Waals surface area contributed by atoms with E-state index in [2.05, 4.69) is 0 Å². The normalized spacial score (nSPS) is 16.5. The van der Waals surface area contributed by atoms with E-state index >= 15 is 0 Å². The minimum atomic E-state index is 0.0868. The Morgan fingerprint density at radius 1 is 1.19 bits per heavy atom. The lowest BCUT2D eigenvalue weighted by molar-refractivity contribution is -0.132. The largest absolute Gasteiger partial charge is 0.497 e. The first-order chi connectivity index (χ1) is 15.2. The molecule has 0 aliphatic carbocycles. The number of methoxy groups -OCH3 is 1. The lowest BCUT2D eigenvalue weighted by Gasteiger charge is -2.31. The van der Waals surface area contributed by atoms with E-state index in [1.54, 1.807) is 13.4 Å². The number of hydrogen-bond donors (Lipinski definition) is 0. The Labute approximate surface area is 180 Å². The molecular formula is C24H24N4O3. The van der Waals surface area contributed by atoms with Gasteiger partial charge >= 0.3 is 0 Å². The molecule has 1 amide bonds. The molecular weight excluding hydrogens is 392 g/mol. The van der Waals surface area contributed by atoms with Gasteiger partial charge in [0.25, 0.3) is 0 Å². The third-order valence-corrected chi connectivity index (χ3v) is 5.80. The zero-order valence-electron chi connectivity index (χ0n) is 17.4. The Bertz CT molecular complexity index is 1200. The molecule has 4 heterocycles. The number of furan rings is 1. The van der Waals surface area contributed by atoms with Crippen molar-refractivity contribution in [2.75, 3.05) is 20.2 Å². The predicted molar refractivity (Wildman–Crippen MR) is 116 cm³/mol. The summed E-state index contributed by atoms with van der Waals surface area (Å²) in [7, 11) is 1.67. The molecule has 7 heteroatoms. The maximum absolute atomic E-state index is 12.7. The number of piperidine rings is 1. The van der Waals surface area contributed by atoms with Crippen LogP contribution >= 0.6 is 0 Å². The van der Waals surface area contributed by atoms with Gasteiger partial charge in [-0.05, 0) is 54.8 Å². The topological polar surface area (TPSA) is 72.9 Å². The molecule has 1 atom stereocenters. The third kappa shape index (κ3) is 4.03. The molecule has 1 aliphatic heterocycles. The number of carbonyl (C=O) groups excluding carboxylic acids is 1. The van der Waals surface area contributed by atoms with Crippen molar-refractivity contribution in [2.45, 2.75) is 25.2 Å². The Balaban J connectivity index is 1.35. The van der Waals surface area contributed by atoms with Crippen LogP contribution in [0.3, 0.4) is 0 Å². The van der Waals surface area contributed by atoms with Gasteiger partial charge in [0.05, 0.1) is 19.8 Å². The Morgan fingerprint density at radius 2 is 2.13 bits per heavy atom. The Morgan fingerprint density at radius 3 is 2.97 bits per heavy atom. The fraction of sp³-hybridized carbons (Fsp3) is 0.292. The van der Waals surface area contributed by atoms with E-state index in [1.165, 1.54) is 0 Å². The molecule has 0 unspecified atom stereocenters. The Kier molecular flexibility index (Phi) is 5.16. The molecule has 0 radical (unpaired) electrons. The molecule has 0 bridgehead atoms. The molecule has 7 nitrogen and oxygen atoms in total. The summed E-state index contributed by atoms with van der Waals surface area (Å²) in [5, 5.41) is 4.75. The predicted octanol–water partition coefficient (Wildman–Crippen LogP) is 3.95. The maximum atomic E-state index is 12.7. The number of ether oxygens (including phenoxy) is 1. The van der Waals surface area contributed by atoms with Crippen molar-refractivity contribution in [3.8, 4) is 16.9 Å². The van der Waals surface area contributed by atoms with Crippen molar-refractivity contribution in [1.82, 2.24) is 19.5 Å². The summed E-state index contributed by atoms with van der Waals surface area (Å²) < 4.78 is 12.5. The minimum absolute atomic E-state index is 0.0868. The van der Waals surface area contributed by atoms with E-state index in [0.29, 0.717) is 18.7 Å². The van der Waals surface area contributed by atoms with Gasteiger partial charge in [-0.2, -0.15) is 5.10 Å². The summed E-state index contributed by atoms with van der Waals surface area (Å²) >= 11 is 0. The molecule has 5 rings (SSSR count). The fourth-order valence-corrected chi connectivity index (χ4v) is 4.14. The molecule has 0 spiro atoms. The van der Waals surface area contributed by atoms with Crippen LogP contribution in [0.25, 0.3) is 16.8 Å².